The number of nitrogens with zero attached hydrogens (tertiary/aromatic N) is 2. The van der Waals surface area contributed by atoms with Gasteiger partial charge in [0, 0.05) is 12.1 Å². The lowest BCUT2D eigenvalue weighted by Gasteiger charge is -2.18. The molecule has 1 aromatic carbocycles. The second-order valence-corrected chi connectivity index (χ2v) is 11.7. The summed E-state index contributed by atoms with van der Waals surface area (Å²) in [5.74, 6) is -0.969. The first-order chi connectivity index (χ1) is 16.0. The van der Waals surface area contributed by atoms with Crippen LogP contribution in [0.1, 0.15) is 17.2 Å². The SMILES string of the molecule is O=P(O)(O)CP(=O)(O)OC[C@H]1O[C@H](c2coc3c(NCc4ccccc4)ncnc23)[C@H](O)[C@@H]1O. The number of anilines is 1. The zero-order valence-electron chi connectivity index (χ0n) is 17.5. The van der Waals surface area contributed by atoms with Crippen molar-refractivity contribution in [3.63, 3.8) is 0 Å². The van der Waals surface area contributed by atoms with E-state index in [-0.39, 0.29) is 0 Å². The van der Waals surface area contributed by atoms with Crippen LogP contribution in [0.3, 0.4) is 0 Å². The number of aliphatic hydroxyl groups is 2. The minimum atomic E-state index is -4.81. The van der Waals surface area contributed by atoms with Gasteiger partial charge in [-0.05, 0) is 5.56 Å². The Bertz CT molecular complexity index is 1230. The van der Waals surface area contributed by atoms with Crippen LogP contribution >= 0.6 is 15.2 Å². The molecule has 0 aliphatic carbocycles. The van der Waals surface area contributed by atoms with Gasteiger partial charge in [-0.1, -0.05) is 30.3 Å². The lowest BCUT2D eigenvalue weighted by atomic mass is 10.0. The summed E-state index contributed by atoms with van der Waals surface area (Å²) in [6.07, 6.45) is -2.72. The zero-order chi connectivity index (χ0) is 24.5. The quantitative estimate of drug-likeness (QED) is 0.223. The molecule has 0 spiro atoms. The van der Waals surface area contributed by atoms with E-state index in [2.05, 4.69) is 15.3 Å². The third kappa shape index (κ3) is 5.72. The van der Waals surface area contributed by atoms with Crippen LogP contribution < -0.4 is 5.32 Å². The van der Waals surface area contributed by atoms with Crippen molar-refractivity contribution in [1.29, 1.82) is 0 Å². The second-order valence-electron chi connectivity index (χ2n) is 7.75. The molecule has 3 aromatic rings. The van der Waals surface area contributed by atoms with Gasteiger partial charge in [0.05, 0.1) is 12.9 Å². The Morgan fingerprint density at radius 1 is 1.06 bits per heavy atom. The van der Waals surface area contributed by atoms with E-state index in [0.29, 0.717) is 29.0 Å². The van der Waals surface area contributed by atoms with Gasteiger partial charge in [-0.25, -0.2) is 9.97 Å². The Morgan fingerprint density at radius 3 is 2.50 bits per heavy atom. The second kappa shape index (κ2) is 9.82. The molecular weight excluding hydrogens is 492 g/mol. The van der Waals surface area contributed by atoms with Crippen LogP contribution in [-0.4, -0.2) is 65.7 Å². The molecule has 34 heavy (non-hydrogen) atoms. The van der Waals surface area contributed by atoms with E-state index >= 15 is 0 Å². The molecule has 6 N–H and O–H groups in total. The summed E-state index contributed by atoms with van der Waals surface area (Å²) in [5.41, 5.74) is 1.97. The van der Waals surface area contributed by atoms with Gasteiger partial charge in [-0.15, -0.1) is 0 Å². The number of rotatable bonds is 9. The standard InChI is InChI=1S/C19H23N3O10P2/c23-15-13(8-31-34(28,29)10-33(25,26)27)32-17(16(15)24)12-7-30-18-14(12)21-9-22-19(18)20-6-11-4-2-1-3-5-11/h1-5,7,9,13,15-17,23-24H,6,8,10H2,(H,28,29)(H,20,21,22)(H2,25,26,27)/t13-,15-,16-,17-/m1/s1. The number of ether oxygens (including phenoxy) is 1. The molecule has 15 heteroatoms. The smallest absolute Gasteiger partial charge is 0.340 e. The highest BCUT2D eigenvalue weighted by Crippen LogP contribution is 2.55. The van der Waals surface area contributed by atoms with Crippen molar-refractivity contribution in [2.75, 3.05) is 17.8 Å². The summed E-state index contributed by atoms with van der Waals surface area (Å²) < 4.78 is 38.8. The molecule has 0 amide bonds. The number of aromatic nitrogens is 2. The predicted octanol–water partition coefficient (Wildman–Crippen LogP) is 1.33. The third-order valence-electron chi connectivity index (χ3n) is 5.16. The van der Waals surface area contributed by atoms with Gasteiger partial charge in [-0.2, -0.15) is 0 Å². The fourth-order valence-electron chi connectivity index (χ4n) is 3.59. The van der Waals surface area contributed by atoms with E-state index in [1.165, 1.54) is 12.6 Å². The molecule has 0 saturated carbocycles. The van der Waals surface area contributed by atoms with Gasteiger partial charge in [0.25, 0.3) is 0 Å². The summed E-state index contributed by atoms with van der Waals surface area (Å²) in [6, 6.07) is 9.60. The first-order valence-electron chi connectivity index (χ1n) is 10.1. The van der Waals surface area contributed by atoms with E-state index in [9.17, 15) is 24.2 Å². The maximum Gasteiger partial charge on any atom is 0.340 e. The van der Waals surface area contributed by atoms with Gasteiger partial charge in [0.15, 0.2) is 17.3 Å². The van der Waals surface area contributed by atoms with E-state index in [1.54, 1.807) is 0 Å². The minimum absolute atomic E-state index is 0.305. The van der Waals surface area contributed by atoms with Crippen molar-refractivity contribution in [3.05, 3.63) is 54.0 Å². The summed E-state index contributed by atoms with van der Waals surface area (Å²) in [6.45, 7) is -0.212. The van der Waals surface area contributed by atoms with Crippen LogP contribution in [0.15, 0.2) is 47.3 Å². The molecule has 13 nitrogen and oxygen atoms in total. The van der Waals surface area contributed by atoms with Gasteiger partial charge < -0.3 is 43.9 Å². The molecule has 1 aliphatic rings. The van der Waals surface area contributed by atoms with Gasteiger partial charge in [-0.3, -0.25) is 9.13 Å². The maximum absolute atomic E-state index is 11.9. The summed E-state index contributed by atoms with van der Waals surface area (Å²) >= 11 is 0. The fraction of sp³-hybridized carbons (Fsp3) is 0.368. The van der Waals surface area contributed by atoms with Crippen LogP contribution in [0.5, 0.6) is 0 Å². The van der Waals surface area contributed by atoms with Crippen LogP contribution in [0.25, 0.3) is 11.1 Å². The van der Waals surface area contributed by atoms with Crippen molar-refractivity contribution in [2.24, 2.45) is 0 Å². The number of hydrogen-bond donors (Lipinski definition) is 6. The Hall–Kier alpha value is -2.18. The average molecular weight is 515 g/mol. The third-order valence-corrected chi connectivity index (χ3v) is 8.61. The topological polar surface area (TPSA) is 205 Å². The molecule has 1 unspecified atom stereocenters. The van der Waals surface area contributed by atoms with Crippen molar-refractivity contribution in [1.82, 2.24) is 9.97 Å². The van der Waals surface area contributed by atoms with Crippen LogP contribution in [0.4, 0.5) is 5.82 Å². The summed E-state index contributed by atoms with van der Waals surface area (Å²) in [4.78, 5) is 35.8. The first-order valence-corrected chi connectivity index (χ1v) is 13.6. The van der Waals surface area contributed by atoms with Crippen molar-refractivity contribution in [2.45, 2.75) is 31.0 Å². The van der Waals surface area contributed by atoms with E-state index in [0.717, 1.165) is 5.56 Å². The van der Waals surface area contributed by atoms with E-state index in [4.69, 9.17) is 23.5 Å². The maximum atomic E-state index is 11.9. The van der Waals surface area contributed by atoms with Gasteiger partial charge in [0.1, 0.15) is 36.3 Å². The molecule has 0 bridgehead atoms. The van der Waals surface area contributed by atoms with Gasteiger partial charge >= 0.3 is 15.2 Å². The van der Waals surface area contributed by atoms with Crippen molar-refractivity contribution >= 4 is 32.1 Å². The Morgan fingerprint density at radius 2 is 1.79 bits per heavy atom. The molecule has 1 fully saturated rings. The molecule has 3 heterocycles. The number of furan rings is 1. The molecule has 1 aliphatic heterocycles. The zero-order valence-corrected chi connectivity index (χ0v) is 19.3. The lowest BCUT2D eigenvalue weighted by Crippen LogP contribution is -2.33. The summed E-state index contributed by atoms with van der Waals surface area (Å²) in [5, 5.41) is 24.0. The average Bonchev–Trinajstić information content (AvgIpc) is 3.32. The molecule has 184 valence electrons. The molecule has 4 rings (SSSR count). The van der Waals surface area contributed by atoms with E-state index < -0.39 is 52.1 Å². The molecule has 2 aromatic heterocycles. The summed E-state index contributed by atoms with van der Waals surface area (Å²) in [7, 11) is -9.46. The minimum Gasteiger partial charge on any atom is -0.458 e. The largest absolute Gasteiger partial charge is 0.458 e. The van der Waals surface area contributed by atoms with Crippen molar-refractivity contribution in [3.8, 4) is 0 Å². The lowest BCUT2D eigenvalue weighted by molar-refractivity contribution is -0.0184. The molecular formula is C19H23N3O10P2. The van der Waals surface area contributed by atoms with E-state index in [1.807, 2.05) is 30.3 Å². The number of hydrogen-bond acceptors (Lipinski definition) is 10. The van der Waals surface area contributed by atoms with Crippen LogP contribution in [0, 0.1) is 0 Å². The molecule has 1 saturated heterocycles. The molecule has 5 atom stereocenters. The fourth-order valence-corrected chi connectivity index (χ4v) is 6.15. The number of nitrogens with one attached hydrogen (secondary N) is 1. The van der Waals surface area contributed by atoms with Gasteiger partial charge in [0.2, 0.25) is 0 Å². The monoisotopic (exact) mass is 515 g/mol. The Kier molecular flexibility index (Phi) is 7.20. The first kappa shape index (κ1) is 24.9. The number of aliphatic hydroxyl groups excluding tert-OH is 2. The predicted molar refractivity (Wildman–Crippen MR) is 118 cm³/mol. The Labute approximate surface area is 193 Å². The number of benzene rings is 1. The van der Waals surface area contributed by atoms with Crippen LogP contribution in [-0.2, 0) is 24.9 Å². The normalized spacial score (nSPS) is 24.9. The van der Waals surface area contributed by atoms with Crippen LogP contribution in [0.2, 0.25) is 0 Å². The molecule has 0 radical (unpaired) electrons. The highest BCUT2D eigenvalue weighted by Gasteiger charge is 2.46. The Balaban J connectivity index is 1.48. The number of fused-ring (bicyclic) bond motifs is 1. The highest BCUT2D eigenvalue weighted by atomic mass is 31.2. The van der Waals surface area contributed by atoms with Crippen molar-refractivity contribution < 1.29 is 47.7 Å². The highest BCUT2D eigenvalue weighted by molar-refractivity contribution is 7.70.